The van der Waals surface area contributed by atoms with Crippen molar-refractivity contribution in [3.05, 3.63) is 101 Å². The average Bonchev–Trinajstić information content (AvgIpc) is 2.85. The summed E-state index contributed by atoms with van der Waals surface area (Å²) in [4.78, 5) is 28.5. The molecule has 3 aromatic carbocycles. The standard InChI is InChI=1S/C29H35N3O4S/c1-21-11-14-25(15-12-21)19-31(27(29(34)30-4)18-24-9-7-6-8-10-24)28(33)20-32(37(5,35)36)26-16-13-22(2)17-23(26)3/h6-17,27H,18-20H2,1-5H3,(H,30,34)/t27-/m1/s1. The fourth-order valence-corrected chi connectivity index (χ4v) is 5.20. The SMILES string of the molecule is CNC(=O)[C@@H](Cc1ccccc1)N(Cc1ccc(C)cc1)C(=O)CN(c1ccc(C)cc1C)S(C)(=O)=O. The summed E-state index contributed by atoms with van der Waals surface area (Å²) in [6.07, 6.45) is 1.38. The number of anilines is 1. The maximum Gasteiger partial charge on any atom is 0.244 e. The number of carbonyl (C=O) groups is 2. The van der Waals surface area contributed by atoms with E-state index < -0.39 is 28.5 Å². The normalized spacial score (nSPS) is 12.0. The Kier molecular flexibility index (Phi) is 9.10. The van der Waals surface area contributed by atoms with Crippen LogP contribution < -0.4 is 9.62 Å². The molecule has 0 fully saturated rings. The van der Waals surface area contributed by atoms with E-state index in [1.807, 2.05) is 87.5 Å². The van der Waals surface area contributed by atoms with Crippen molar-refractivity contribution < 1.29 is 18.0 Å². The van der Waals surface area contributed by atoms with Crippen molar-refractivity contribution >= 4 is 27.5 Å². The van der Waals surface area contributed by atoms with Crippen LogP contribution in [-0.2, 0) is 32.6 Å². The molecule has 196 valence electrons. The van der Waals surface area contributed by atoms with Gasteiger partial charge in [0.05, 0.1) is 11.9 Å². The highest BCUT2D eigenvalue weighted by Gasteiger charge is 2.32. The Morgan fingerprint density at radius 1 is 0.865 bits per heavy atom. The molecule has 0 spiro atoms. The number of aryl methyl sites for hydroxylation is 3. The number of hydrogen-bond acceptors (Lipinski definition) is 4. The number of likely N-dealkylation sites (N-methyl/N-ethyl adjacent to an activating group) is 1. The average molecular weight is 522 g/mol. The monoisotopic (exact) mass is 521 g/mol. The molecule has 0 saturated heterocycles. The first kappa shape index (κ1) is 27.9. The molecule has 0 radical (unpaired) electrons. The Hall–Kier alpha value is -3.65. The summed E-state index contributed by atoms with van der Waals surface area (Å²) < 4.78 is 26.8. The molecule has 2 amide bonds. The van der Waals surface area contributed by atoms with Crippen LogP contribution in [0.4, 0.5) is 5.69 Å². The number of nitrogens with one attached hydrogen (secondary N) is 1. The van der Waals surface area contributed by atoms with E-state index in [0.717, 1.165) is 38.4 Å². The molecule has 37 heavy (non-hydrogen) atoms. The third-order valence-electron chi connectivity index (χ3n) is 6.29. The van der Waals surface area contributed by atoms with Gasteiger partial charge in [0.25, 0.3) is 0 Å². The van der Waals surface area contributed by atoms with Crippen molar-refractivity contribution in [1.29, 1.82) is 0 Å². The minimum atomic E-state index is -3.79. The first-order valence-electron chi connectivity index (χ1n) is 12.1. The fraction of sp³-hybridized carbons (Fsp3) is 0.310. The molecule has 0 aliphatic rings. The molecular weight excluding hydrogens is 486 g/mol. The van der Waals surface area contributed by atoms with Crippen LogP contribution in [-0.4, -0.2) is 51.0 Å². The maximum atomic E-state index is 13.9. The number of rotatable bonds is 10. The van der Waals surface area contributed by atoms with Crippen LogP contribution in [0.15, 0.2) is 72.8 Å². The lowest BCUT2D eigenvalue weighted by atomic mass is 10.0. The minimum absolute atomic E-state index is 0.161. The molecule has 3 rings (SSSR count). The van der Waals surface area contributed by atoms with Crippen LogP contribution in [0.2, 0.25) is 0 Å². The molecular formula is C29H35N3O4S. The highest BCUT2D eigenvalue weighted by Crippen LogP contribution is 2.24. The zero-order chi connectivity index (χ0) is 27.2. The second-order valence-electron chi connectivity index (χ2n) is 9.39. The number of hydrogen-bond donors (Lipinski definition) is 1. The molecule has 0 aliphatic carbocycles. The van der Waals surface area contributed by atoms with Gasteiger partial charge in [0, 0.05) is 20.0 Å². The maximum absolute atomic E-state index is 13.9. The smallest absolute Gasteiger partial charge is 0.244 e. The molecule has 0 aliphatic heterocycles. The van der Waals surface area contributed by atoms with Crippen LogP contribution >= 0.6 is 0 Å². The van der Waals surface area contributed by atoms with E-state index >= 15 is 0 Å². The molecule has 3 aromatic rings. The zero-order valence-electron chi connectivity index (χ0n) is 22.1. The Morgan fingerprint density at radius 3 is 2.05 bits per heavy atom. The van der Waals surface area contributed by atoms with Gasteiger partial charge in [-0.1, -0.05) is 77.9 Å². The molecule has 0 bridgehead atoms. The van der Waals surface area contributed by atoms with Gasteiger partial charge in [0.1, 0.15) is 12.6 Å². The first-order valence-corrected chi connectivity index (χ1v) is 14.0. The van der Waals surface area contributed by atoms with Crippen LogP contribution in [0.25, 0.3) is 0 Å². The predicted molar refractivity (Wildman–Crippen MR) is 148 cm³/mol. The van der Waals surface area contributed by atoms with Gasteiger partial charge in [-0.15, -0.1) is 0 Å². The van der Waals surface area contributed by atoms with E-state index in [1.165, 1.54) is 11.9 Å². The van der Waals surface area contributed by atoms with Gasteiger partial charge in [-0.2, -0.15) is 0 Å². The summed E-state index contributed by atoms with van der Waals surface area (Å²) in [5.41, 5.74) is 4.99. The summed E-state index contributed by atoms with van der Waals surface area (Å²) >= 11 is 0. The van der Waals surface area contributed by atoms with Crippen molar-refractivity contribution in [3.8, 4) is 0 Å². The summed E-state index contributed by atoms with van der Waals surface area (Å²) in [6, 6.07) is 21.8. The molecule has 1 atom stereocenters. The van der Waals surface area contributed by atoms with E-state index in [0.29, 0.717) is 12.1 Å². The van der Waals surface area contributed by atoms with Crippen molar-refractivity contribution in [2.45, 2.75) is 39.8 Å². The summed E-state index contributed by atoms with van der Waals surface area (Å²) in [6.45, 7) is 5.46. The van der Waals surface area contributed by atoms with Crippen molar-refractivity contribution in [3.63, 3.8) is 0 Å². The minimum Gasteiger partial charge on any atom is -0.357 e. The molecule has 8 heteroatoms. The second kappa shape index (κ2) is 12.1. The largest absolute Gasteiger partial charge is 0.357 e. The molecule has 1 N–H and O–H groups in total. The highest BCUT2D eigenvalue weighted by atomic mass is 32.2. The lowest BCUT2D eigenvalue weighted by molar-refractivity contribution is -0.139. The topological polar surface area (TPSA) is 86.8 Å². The van der Waals surface area contributed by atoms with Gasteiger partial charge in [-0.3, -0.25) is 13.9 Å². The third kappa shape index (κ3) is 7.43. The van der Waals surface area contributed by atoms with E-state index in [1.54, 1.807) is 6.07 Å². The summed E-state index contributed by atoms with van der Waals surface area (Å²) in [5.74, 6) is -0.780. The molecule has 0 heterocycles. The van der Waals surface area contributed by atoms with Crippen molar-refractivity contribution in [1.82, 2.24) is 10.2 Å². The zero-order valence-corrected chi connectivity index (χ0v) is 22.9. The van der Waals surface area contributed by atoms with Gasteiger partial charge in [0.15, 0.2) is 0 Å². The van der Waals surface area contributed by atoms with Gasteiger partial charge in [-0.05, 0) is 43.5 Å². The van der Waals surface area contributed by atoms with Crippen LogP contribution in [0, 0.1) is 20.8 Å². The van der Waals surface area contributed by atoms with Gasteiger partial charge in [0.2, 0.25) is 21.8 Å². The molecule has 0 aromatic heterocycles. The van der Waals surface area contributed by atoms with Gasteiger partial charge >= 0.3 is 0 Å². The van der Waals surface area contributed by atoms with E-state index in [9.17, 15) is 18.0 Å². The molecule has 0 saturated carbocycles. The Labute approximate surface area is 220 Å². The number of nitrogens with zero attached hydrogens (tertiary/aromatic N) is 2. The summed E-state index contributed by atoms with van der Waals surface area (Å²) in [5, 5.41) is 2.68. The fourth-order valence-electron chi connectivity index (χ4n) is 4.29. The molecule has 0 unspecified atom stereocenters. The van der Waals surface area contributed by atoms with Crippen LogP contribution in [0.5, 0.6) is 0 Å². The number of carbonyl (C=O) groups excluding carboxylic acids is 2. The Balaban J connectivity index is 2.04. The van der Waals surface area contributed by atoms with Crippen LogP contribution in [0.1, 0.15) is 27.8 Å². The summed E-state index contributed by atoms with van der Waals surface area (Å²) in [7, 11) is -2.25. The number of sulfonamides is 1. The second-order valence-corrected chi connectivity index (χ2v) is 11.3. The Morgan fingerprint density at radius 2 is 1.49 bits per heavy atom. The number of amides is 2. The first-order chi connectivity index (χ1) is 17.5. The van der Waals surface area contributed by atoms with Crippen molar-refractivity contribution in [2.75, 3.05) is 24.2 Å². The van der Waals surface area contributed by atoms with E-state index in [2.05, 4.69) is 5.32 Å². The van der Waals surface area contributed by atoms with E-state index in [-0.39, 0.29) is 12.5 Å². The lowest BCUT2D eigenvalue weighted by Crippen LogP contribution is -2.53. The van der Waals surface area contributed by atoms with Crippen LogP contribution in [0.3, 0.4) is 0 Å². The van der Waals surface area contributed by atoms with Crippen molar-refractivity contribution in [2.24, 2.45) is 0 Å². The van der Waals surface area contributed by atoms with E-state index in [4.69, 9.17) is 0 Å². The highest BCUT2D eigenvalue weighted by molar-refractivity contribution is 7.92. The predicted octanol–water partition coefficient (Wildman–Crippen LogP) is 3.76. The van der Waals surface area contributed by atoms with Gasteiger partial charge in [-0.25, -0.2) is 8.42 Å². The lowest BCUT2D eigenvalue weighted by Gasteiger charge is -2.33. The quantitative estimate of drug-likeness (QED) is 0.440. The Bertz CT molecular complexity index is 1340. The van der Waals surface area contributed by atoms with Gasteiger partial charge < -0.3 is 10.2 Å². The molecule has 7 nitrogen and oxygen atoms in total. The number of benzene rings is 3. The third-order valence-corrected chi connectivity index (χ3v) is 7.42.